The molecular weight excluding hydrogens is 278 g/mol. The van der Waals surface area contributed by atoms with Crippen LogP contribution in [0.25, 0.3) is 0 Å². The first-order valence-electron chi connectivity index (χ1n) is 6.26. The molecular formula is C13H17N3O3S. The third kappa shape index (κ3) is 3.36. The number of esters is 1. The summed E-state index contributed by atoms with van der Waals surface area (Å²) in [5.74, 6) is -0.501. The molecule has 0 fully saturated rings. The first-order chi connectivity index (χ1) is 9.40. The van der Waals surface area contributed by atoms with Crippen molar-refractivity contribution in [1.29, 1.82) is 0 Å². The predicted octanol–water partition coefficient (Wildman–Crippen LogP) is 3.35. The minimum atomic E-state index is -0.501. The van der Waals surface area contributed by atoms with E-state index in [-0.39, 0.29) is 17.1 Å². The molecule has 6 nitrogen and oxygen atoms in total. The second kappa shape index (κ2) is 5.62. The number of oxazole rings is 1. The number of hydrogen-bond donors (Lipinski definition) is 1. The number of thiazole rings is 1. The highest BCUT2D eigenvalue weighted by Gasteiger charge is 2.18. The minimum Gasteiger partial charge on any atom is -0.461 e. The standard InChI is InChI=1S/C13H17N3O3S/c1-5-18-10(17)8-6-19-11(14-8)16-12-15-9(7-20-12)13(2,3)4/h6-7H,5H2,1-4H3,(H,14,15,16). The molecule has 0 amide bonds. The number of hydrogen-bond acceptors (Lipinski definition) is 7. The van der Waals surface area contributed by atoms with Crippen LogP contribution >= 0.6 is 11.3 Å². The maximum absolute atomic E-state index is 11.5. The van der Waals surface area contributed by atoms with Gasteiger partial charge in [-0.05, 0) is 6.92 Å². The van der Waals surface area contributed by atoms with Crippen LogP contribution in [0.15, 0.2) is 16.1 Å². The van der Waals surface area contributed by atoms with Crippen molar-refractivity contribution in [1.82, 2.24) is 9.97 Å². The lowest BCUT2D eigenvalue weighted by atomic mass is 9.93. The highest BCUT2D eigenvalue weighted by molar-refractivity contribution is 7.13. The lowest BCUT2D eigenvalue weighted by molar-refractivity contribution is 0.0519. The Kier molecular flexibility index (Phi) is 4.08. The van der Waals surface area contributed by atoms with E-state index in [0.717, 1.165) is 5.69 Å². The largest absolute Gasteiger partial charge is 0.461 e. The van der Waals surface area contributed by atoms with Gasteiger partial charge in [-0.25, -0.2) is 9.78 Å². The van der Waals surface area contributed by atoms with Crippen molar-refractivity contribution in [3.8, 4) is 0 Å². The van der Waals surface area contributed by atoms with Gasteiger partial charge in [0, 0.05) is 10.8 Å². The quantitative estimate of drug-likeness (QED) is 0.872. The molecule has 0 aliphatic rings. The fraction of sp³-hybridized carbons (Fsp3) is 0.462. The van der Waals surface area contributed by atoms with Crippen LogP contribution in [0.2, 0.25) is 0 Å². The summed E-state index contributed by atoms with van der Waals surface area (Å²) in [4.78, 5) is 19.9. The van der Waals surface area contributed by atoms with Crippen LogP contribution in [-0.4, -0.2) is 22.5 Å². The van der Waals surface area contributed by atoms with Crippen molar-refractivity contribution in [2.24, 2.45) is 0 Å². The van der Waals surface area contributed by atoms with Crippen LogP contribution < -0.4 is 5.32 Å². The molecule has 0 aliphatic heterocycles. The number of ether oxygens (including phenoxy) is 1. The van der Waals surface area contributed by atoms with Gasteiger partial charge in [-0.2, -0.15) is 4.98 Å². The normalized spacial score (nSPS) is 11.4. The topological polar surface area (TPSA) is 77.2 Å². The lowest BCUT2D eigenvalue weighted by Gasteiger charge is -2.13. The summed E-state index contributed by atoms with van der Waals surface area (Å²) in [5.41, 5.74) is 1.12. The van der Waals surface area contributed by atoms with Gasteiger partial charge in [-0.3, -0.25) is 5.32 Å². The summed E-state index contributed by atoms with van der Waals surface area (Å²) in [6.45, 7) is 8.32. The van der Waals surface area contributed by atoms with Gasteiger partial charge in [0.25, 0.3) is 0 Å². The molecule has 0 unspecified atom stereocenters. The molecule has 0 aliphatic carbocycles. The van der Waals surface area contributed by atoms with Gasteiger partial charge < -0.3 is 9.15 Å². The van der Waals surface area contributed by atoms with E-state index in [4.69, 9.17) is 9.15 Å². The maximum atomic E-state index is 11.5. The van der Waals surface area contributed by atoms with E-state index in [1.807, 2.05) is 5.38 Å². The highest BCUT2D eigenvalue weighted by Crippen LogP contribution is 2.28. The average molecular weight is 295 g/mol. The molecule has 0 radical (unpaired) electrons. The van der Waals surface area contributed by atoms with Gasteiger partial charge in [-0.1, -0.05) is 20.8 Å². The monoisotopic (exact) mass is 295 g/mol. The lowest BCUT2D eigenvalue weighted by Crippen LogP contribution is -2.11. The molecule has 20 heavy (non-hydrogen) atoms. The Morgan fingerprint density at radius 1 is 1.45 bits per heavy atom. The van der Waals surface area contributed by atoms with E-state index in [0.29, 0.717) is 11.7 Å². The Hall–Kier alpha value is -1.89. The Bertz CT molecular complexity index is 598. The second-order valence-electron chi connectivity index (χ2n) is 5.17. The van der Waals surface area contributed by atoms with Gasteiger partial charge in [0.1, 0.15) is 6.26 Å². The van der Waals surface area contributed by atoms with E-state index in [1.54, 1.807) is 6.92 Å². The Balaban J connectivity index is 2.07. The predicted molar refractivity (Wildman–Crippen MR) is 76.6 cm³/mol. The fourth-order valence-corrected chi connectivity index (χ4v) is 2.32. The van der Waals surface area contributed by atoms with Gasteiger partial charge in [0.05, 0.1) is 12.3 Å². The van der Waals surface area contributed by atoms with Crippen LogP contribution in [-0.2, 0) is 10.2 Å². The first-order valence-corrected chi connectivity index (χ1v) is 7.14. The van der Waals surface area contributed by atoms with Crippen molar-refractivity contribution in [2.45, 2.75) is 33.1 Å². The zero-order chi connectivity index (χ0) is 14.8. The van der Waals surface area contributed by atoms with E-state index in [2.05, 4.69) is 36.1 Å². The summed E-state index contributed by atoms with van der Waals surface area (Å²) in [6, 6.07) is 0.225. The molecule has 2 heterocycles. The number of rotatable bonds is 4. The highest BCUT2D eigenvalue weighted by atomic mass is 32.1. The zero-order valence-corrected chi connectivity index (χ0v) is 12.7. The van der Waals surface area contributed by atoms with Crippen LogP contribution in [0.4, 0.5) is 11.1 Å². The minimum absolute atomic E-state index is 0.0108. The summed E-state index contributed by atoms with van der Waals surface area (Å²) < 4.78 is 10.0. The van der Waals surface area contributed by atoms with Gasteiger partial charge in [-0.15, -0.1) is 11.3 Å². The second-order valence-corrected chi connectivity index (χ2v) is 6.03. The number of carbonyl (C=O) groups excluding carboxylic acids is 1. The number of anilines is 2. The number of aromatic nitrogens is 2. The summed E-state index contributed by atoms with van der Waals surface area (Å²) in [5, 5.41) is 5.59. The maximum Gasteiger partial charge on any atom is 0.360 e. The molecule has 0 bridgehead atoms. The summed E-state index contributed by atoms with van der Waals surface area (Å²) >= 11 is 1.46. The smallest absolute Gasteiger partial charge is 0.360 e. The molecule has 0 saturated carbocycles. The molecule has 2 rings (SSSR count). The number of nitrogens with zero attached hydrogens (tertiary/aromatic N) is 2. The molecule has 0 saturated heterocycles. The van der Waals surface area contributed by atoms with E-state index in [9.17, 15) is 4.79 Å². The van der Waals surface area contributed by atoms with Gasteiger partial charge >= 0.3 is 12.0 Å². The molecule has 1 N–H and O–H groups in total. The molecule has 0 aromatic carbocycles. The van der Waals surface area contributed by atoms with Crippen molar-refractivity contribution < 1.29 is 13.9 Å². The number of carbonyl (C=O) groups is 1. The van der Waals surface area contributed by atoms with Crippen LogP contribution in [0.3, 0.4) is 0 Å². The SMILES string of the molecule is CCOC(=O)c1coc(Nc2nc(C(C)(C)C)cs2)n1. The van der Waals surface area contributed by atoms with Crippen LogP contribution in [0.1, 0.15) is 43.9 Å². The zero-order valence-electron chi connectivity index (χ0n) is 11.9. The molecule has 2 aromatic rings. The summed E-state index contributed by atoms with van der Waals surface area (Å²) in [7, 11) is 0. The third-order valence-corrected chi connectivity index (χ3v) is 3.23. The van der Waals surface area contributed by atoms with E-state index < -0.39 is 5.97 Å². The molecule has 7 heteroatoms. The fourth-order valence-electron chi connectivity index (χ4n) is 1.40. The molecule has 2 aromatic heterocycles. The molecule has 0 atom stereocenters. The van der Waals surface area contributed by atoms with Crippen molar-refractivity contribution in [2.75, 3.05) is 11.9 Å². The van der Waals surface area contributed by atoms with Crippen LogP contribution in [0.5, 0.6) is 0 Å². The Labute approximate surface area is 121 Å². The van der Waals surface area contributed by atoms with Crippen molar-refractivity contribution in [3.63, 3.8) is 0 Å². The Morgan fingerprint density at radius 2 is 2.20 bits per heavy atom. The van der Waals surface area contributed by atoms with Crippen molar-refractivity contribution in [3.05, 3.63) is 23.0 Å². The van der Waals surface area contributed by atoms with Crippen LogP contribution in [0, 0.1) is 0 Å². The van der Waals surface area contributed by atoms with Gasteiger partial charge in [0.2, 0.25) is 0 Å². The molecule has 0 spiro atoms. The van der Waals surface area contributed by atoms with E-state index in [1.165, 1.54) is 17.6 Å². The first kappa shape index (κ1) is 14.5. The van der Waals surface area contributed by atoms with E-state index >= 15 is 0 Å². The molecule has 108 valence electrons. The average Bonchev–Trinajstić information content (AvgIpc) is 2.98. The Morgan fingerprint density at radius 3 is 2.80 bits per heavy atom. The number of nitrogens with one attached hydrogen (secondary N) is 1. The van der Waals surface area contributed by atoms with Gasteiger partial charge in [0.15, 0.2) is 10.8 Å². The summed E-state index contributed by atoms with van der Waals surface area (Å²) in [6.07, 6.45) is 1.26. The third-order valence-electron chi connectivity index (χ3n) is 2.48. The van der Waals surface area contributed by atoms with Crippen molar-refractivity contribution >= 4 is 28.5 Å².